The molecule has 1 aromatic heterocycles. The minimum Gasteiger partial charge on any atom is -0.481 e. The molecular weight excluding hydrogens is 725 g/mol. The number of carbonyl (C=O) groups is 2. The van der Waals surface area contributed by atoms with E-state index in [2.05, 4.69) is 21.6 Å². The van der Waals surface area contributed by atoms with Crippen LogP contribution in [0.15, 0.2) is 73.8 Å². The number of rotatable bonds is 6. The number of hydrogen-bond acceptors (Lipinski definition) is 12. The summed E-state index contributed by atoms with van der Waals surface area (Å²) in [6.45, 7) is 6.68. The van der Waals surface area contributed by atoms with E-state index >= 15 is 0 Å². The van der Waals surface area contributed by atoms with E-state index in [0.29, 0.717) is 77.7 Å². The van der Waals surface area contributed by atoms with Crippen molar-refractivity contribution in [2.45, 2.75) is 94.3 Å². The van der Waals surface area contributed by atoms with Crippen LogP contribution in [0, 0.1) is 11.8 Å². The molecule has 2 fully saturated rings. The van der Waals surface area contributed by atoms with E-state index in [1.54, 1.807) is 19.1 Å². The number of nitrogens with zero attached hydrogens (tertiary/aromatic N) is 1. The van der Waals surface area contributed by atoms with E-state index in [1.165, 1.54) is 0 Å². The van der Waals surface area contributed by atoms with Gasteiger partial charge in [-0.2, -0.15) is 0 Å². The highest BCUT2D eigenvalue weighted by Gasteiger charge is 2.64. The summed E-state index contributed by atoms with van der Waals surface area (Å²) >= 11 is 0. The zero-order valence-electron chi connectivity index (χ0n) is 31.4. The molecule has 5 heterocycles. The first-order valence-corrected chi connectivity index (χ1v) is 21.5. The van der Waals surface area contributed by atoms with E-state index in [0.717, 1.165) is 52.8 Å². The molecule has 2 aromatic rings. The zero-order chi connectivity index (χ0) is 37.9. The molecule has 2 aliphatic carbocycles. The van der Waals surface area contributed by atoms with Gasteiger partial charge < -0.3 is 40.3 Å². The average Bonchev–Trinajstić information content (AvgIpc) is 3.51. The van der Waals surface area contributed by atoms with Gasteiger partial charge in [-0.05, 0) is 88.4 Å². The van der Waals surface area contributed by atoms with E-state index in [-0.39, 0.29) is 25.0 Å². The first kappa shape index (κ1) is 37.3. The maximum Gasteiger partial charge on any atom is 0.339 e. The SMILES string of the molecule is CC=C(C)C(=O)OC1(C)CC=C2CSSC3CCC(NC)C4CN(C(=O)CC5=C(C=C(N)NC5)C2C12Cc1cc5cc(CCCO)c(=O)oc5cc1O2)C34. The summed E-state index contributed by atoms with van der Waals surface area (Å²) in [7, 11) is 5.76. The Morgan fingerprint density at radius 2 is 2.09 bits per heavy atom. The fraction of sp³-hybridized carbons (Fsp3) is 0.537. The van der Waals surface area contributed by atoms with E-state index in [4.69, 9.17) is 19.6 Å². The minimum atomic E-state index is -1.15. The Labute approximate surface area is 323 Å². The Hall–Kier alpha value is -3.65. The normalized spacial score (nSPS) is 32.1. The number of carbonyl (C=O) groups excluding carboxylic acids is 2. The van der Waals surface area contributed by atoms with Crippen molar-refractivity contribution in [3.8, 4) is 5.75 Å². The van der Waals surface area contributed by atoms with Crippen molar-refractivity contribution in [1.29, 1.82) is 0 Å². The van der Waals surface area contributed by atoms with E-state index in [9.17, 15) is 19.5 Å². The number of dihydropyridines is 1. The Balaban J connectivity index is 1.27. The monoisotopic (exact) mass is 774 g/mol. The van der Waals surface area contributed by atoms with Crippen LogP contribution in [0.3, 0.4) is 0 Å². The van der Waals surface area contributed by atoms with Crippen LogP contribution >= 0.6 is 21.6 Å². The van der Waals surface area contributed by atoms with Crippen LogP contribution in [-0.2, 0) is 27.2 Å². The number of nitrogens with two attached hydrogens (primary N) is 1. The molecule has 1 saturated heterocycles. The molecule has 1 aromatic carbocycles. The lowest BCUT2D eigenvalue weighted by molar-refractivity contribution is -0.186. The standard InChI is InChI=1S/C41H50N4O7S2/c1-5-22(2)38(48)52-40(3)11-10-24-21-53-54-33-9-8-30(43-4)29-20-45(37(29)33)35(47)15-27-19-44-34(42)16-28(27)36(24)41(40)18-26-14-25-13-23(7-6-12-46)39(49)50-31(25)17-32(26)51-41/h5,10,13-14,16-17,29-30,33,36-37,43-44,46H,6-9,11-12,15,18-21,42H2,1-4H3. The van der Waals surface area contributed by atoms with E-state index < -0.39 is 28.7 Å². The number of nitrogens with one attached hydrogen (secondary N) is 2. The fourth-order valence-corrected chi connectivity index (χ4v) is 12.8. The van der Waals surface area contributed by atoms with Crippen LogP contribution in [-0.4, -0.2) is 82.9 Å². The van der Waals surface area contributed by atoms with Gasteiger partial charge in [0, 0.05) is 78.1 Å². The zero-order valence-corrected chi connectivity index (χ0v) is 33.0. The molecule has 1 saturated carbocycles. The molecule has 0 bridgehead atoms. The number of hydrogen-bond donors (Lipinski definition) is 4. The summed E-state index contributed by atoms with van der Waals surface area (Å²) in [5.74, 6) is 1.51. The van der Waals surface area contributed by atoms with Gasteiger partial charge >= 0.3 is 11.6 Å². The van der Waals surface area contributed by atoms with Crippen LogP contribution in [0.4, 0.5) is 0 Å². The van der Waals surface area contributed by atoms with Crippen molar-refractivity contribution in [3.05, 3.63) is 86.1 Å². The van der Waals surface area contributed by atoms with Gasteiger partial charge in [0.25, 0.3) is 0 Å². The highest BCUT2D eigenvalue weighted by atomic mass is 33.1. The Morgan fingerprint density at radius 3 is 2.87 bits per heavy atom. The minimum absolute atomic E-state index is 0.0233. The summed E-state index contributed by atoms with van der Waals surface area (Å²) in [6, 6.07) is 6.24. The van der Waals surface area contributed by atoms with Gasteiger partial charge in [-0.1, -0.05) is 39.3 Å². The van der Waals surface area contributed by atoms with Gasteiger partial charge in [-0.25, -0.2) is 9.59 Å². The highest BCUT2D eigenvalue weighted by molar-refractivity contribution is 8.77. The Morgan fingerprint density at radius 1 is 1.26 bits per heavy atom. The van der Waals surface area contributed by atoms with Crippen LogP contribution in [0.5, 0.6) is 5.75 Å². The number of fused-ring (bicyclic) bond motifs is 5. The van der Waals surface area contributed by atoms with Crippen LogP contribution in [0.1, 0.15) is 64.0 Å². The third-order valence-electron chi connectivity index (χ3n) is 12.8. The molecule has 11 nitrogen and oxygen atoms in total. The topological polar surface area (TPSA) is 156 Å². The molecule has 54 heavy (non-hydrogen) atoms. The average molecular weight is 775 g/mol. The number of aryl methyl sites for hydroxylation is 1. The Bertz CT molecular complexity index is 2070. The van der Waals surface area contributed by atoms with Crippen molar-refractivity contribution in [3.63, 3.8) is 0 Å². The summed E-state index contributed by atoms with van der Waals surface area (Å²) in [5, 5.41) is 17.3. The smallest absolute Gasteiger partial charge is 0.339 e. The molecular formula is C41H50N4O7S2. The largest absolute Gasteiger partial charge is 0.481 e. The van der Waals surface area contributed by atoms with Gasteiger partial charge in [-0.3, -0.25) is 4.79 Å². The highest BCUT2D eigenvalue weighted by Crippen LogP contribution is 2.58. The van der Waals surface area contributed by atoms with Crippen LogP contribution < -0.4 is 26.7 Å². The number of allylic oxidation sites excluding steroid dienone is 2. The number of esters is 1. The lowest BCUT2D eigenvalue weighted by atomic mass is 9.61. The summed E-state index contributed by atoms with van der Waals surface area (Å²) in [6.07, 6.45) is 9.99. The van der Waals surface area contributed by atoms with Crippen molar-refractivity contribution in [2.24, 2.45) is 17.6 Å². The molecule has 288 valence electrons. The van der Waals surface area contributed by atoms with Crippen LogP contribution in [0.2, 0.25) is 0 Å². The maximum atomic E-state index is 14.3. The van der Waals surface area contributed by atoms with Gasteiger partial charge in [0.1, 0.15) is 11.3 Å². The third kappa shape index (κ3) is 6.19. The predicted octanol–water partition coefficient (Wildman–Crippen LogP) is 4.67. The van der Waals surface area contributed by atoms with Gasteiger partial charge in [0.2, 0.25) is 5.91 Å². The summed E-state index contributed by atoms with van der Waals surface area (Å²) in [4.78, 5) is 43.1. The molecule has 5 N–H and O–H groups in total. The lowest BCUT2D eigenvalue weighted by Crippen LogP contribution is -2.69. The fourth-order valence-electron chi connectivity index (χ4n) is 9.64. The molecule has 7 atom stereocenters. The number of amides is 1. The number of ether oxygens (including phenoxy) is 2. The molecule has 13 heteroatoms. The molecule has 7 unspecified atom stereocenters. The first-order chi connectivity index (χ1) is 26.0. The van der Waals surface area contributed by atoms with Gasteiger partial charge in [-0.15, -0.1) is 0 Å². The summed E-state index contributed by atoms with van der Waals surface area (Å²) < 4.78 is 19.7. The van der Waals surface area contributed by atoms with Crippen LogP contribution in [0.25, 0.3) is 11.0 Å². The molecule has 6 aliphatic rings. The molecule has 1 spiro atoms. The van der Waals surface area contributed by atoms with Crippen molar-refractivity contribution >= 4 is 44.4 Å². The second kappa shape index (κ2) is 14.5. The van der Waals surface area contributed by atoms with Gasteiger partial charge in [0.05, 0.1) is 24.2 Å². The quantitative estimate of drug-likeness (QED) is 0.106. The first-order valence-electron chi connectivity index (χ1n) is 19.1. The van der Waals surface area contributed by atoms with Crippen molar-refractivity contribution in [1.82, 2.24) is 15.5 Å². The second-order valence-corrected chi connectivity index (χ2v) is 18.4. The van der Waals surface area contributed by atoms with E-state index in [1.807, 2.05) is 60.7 Å². The molecule has 4 aliphatic heterocycles. The third-order valence-corrected chi connectivity index (χ3v) is 15.6. The lowest BCUT2D eigenvalue weighted by Gasteiger charge is -2.57. The van der Waals surface area contributed by atoms with Gasteiger partial charge in [0.15, 0.2) is 11.2 Å². The number of aliphatic hydroxyl groups excluding tert-OH is 1. The molecule has 1 amide bonds. The Kier molecular flexibility index (Phi) is 9.98. The van der Waals surface area contributed by atoms with Crippen molar-refractivity contribution in [2.75, 3.05) is 32.5 Å². The molecule has 0 radical (unpaired) electrons. The number of aliphatic hydroxyl groups is 1. The number of benzene rings is 1. The summed E-state index contributed by atoms with van der Waals surface area (Å²) in [5.41, 5.74) is 9.18. The molecule has 8 rings (SSSR count). The van der Waals surface area contributed by atoms with Crippen molar-refractivity contribution < 1.29 is 28.6 Å². The second-order valence-electron chi connectivity index (χ2n) is 15.8. The predicted molar refractivity (Wildman–Crippen MR) is 212 cm³/mol. The maximum absolute atomic E-state index is 14.3.